The molecule has 1 aliphatic heterocycles. The Kier molecular flexibility index (Phi) is 4.92. The van der Waals surface area contributed by atoms with Gasteiger partial charge in [0.25, 0.3) is 5.91 Å². The number of nitrogens with one attached hydrogen (secondary N) is 1. The third kappa shape index (κ3) is 3.88. The van der Waals surface area contributed by atoms with E-state index in [1.165, 1.54) is 0 Å². The van der Waals surface area contributed by atoms with Crippen LogP contribution in [0, 0.1) is 13.8 Å². The van der Waals surface area contributed by atoms with Crippen LogP contribution in [0.15, 0.2) is 0 Å². The van der Waals surface area contributed by atoms with Crippen molar-refractivity contribution in [3.05, 3.63) is 17.2 Å². The molecule has 0 aromatic carbocycles. The van der Waals surface area contributed by atoms with Gasteiger partial charge in [0.15, 0.2) is 0 Å². The van der Waals surface area contributed by atoms with Crippen molar-refractivity contribution in [2.24, 2.45) is 0 Å². The van der Waals surface area contributed by atoms with Crippen molar-refractivity contribution in [3.8, 4) is 0 Å². The summed E-state index contributed by atoms with van der Waals surface area (Å²) in [6.45, 7) is 14.2. The largest absolute Gasteiger partial charge is 0.444 e. The maximum atomic E-state index is 12.6. The molecule has 2 amide bonds. The van der Waals surface area contributed by atoms with Crippen LogP contribution in [0.5, 0.6) is 0 Å². The molecular formula is C17H28N4O3. The second-order valence-corrected chi connectivity index (χ2v) is 7.61. The highest BCUT2D eigenvalue weighted by Gasteiger charge is 2.35. The topological polar surface area (TPSA) is 76.5 Å². The molecular weight excluding hydrogens is 308 g/mol. The molecule has 7 nitrogen and oxygen atoms in total. The number of imidazole rings is 1. The third-order valence-corrected chi connectivity index (χ3v) is 3.86. The summed E-state index contributed by atoms with van der Waals surface area (Å²) in [6, 6.07) is 0.104. The molecule has 1 fully saturated rings. The van der Waals surface area contributed by atoms with Gasteiger partial charge in [-0.25, -0.2) is 9.78 Å². The summed E-state index contributed by atoms with van der Waals surface area (Å²) in [4.78, 5) is 30.5. The SMILES string of the molecule is Cc1nc(C)n(C(C)C)c1C(=O)NC1CN(C(=O)OC(C)(C)C)C1. The molecule has 2 heterocycles. The van der Waals surface area contributed by atoms with Gasteiger partial charge in [0.2, 0.25) is 0 Å². The fourth-order valence-corrected chi connectivity index (χ4v) is 2.89. The van der Waals surface area contributed by atoms with Crippen LogP contribution in [0.2, 0.25) is 0 Å². The van der Waals surface area contributed by atoms with E-state index >= 15 is 0 Å². The van der Waals surface area contributed by atoms with Gasteiger partial charge in [0, 0.05) is 19.1 Å². The fourth-order valence-electron chi connectivity index (χ4n) is 2.89. The summed E-state index contributed by atoms with van der Waals surface area (Å²) < 4.78 is 7.25. The minimum Gasteiger partial charge on any atom is -0.444 e. The molecule has 0 bridgehead atoms. The molecule has 1 saturated heterocycles. The Morgan fingerprint density at radius 1 is 1.25 bits per heavy atom. The number of aromatic nitrogens is 2. The van der Waals surface area contributed by atoms with Crippen LogP contribution in [-0.4, -0.2) is 51.2 Å². The maximum Gasteiger partial charge on any atom is 0.410 e. The summed E-state index contributed by atoms with van der Waals surface area (Å²) in [6.07, 6.45) is -0.341. The molecule has 0 atom stereocenters. The van der Waals surface area contributed by atoms with E-state index in [1.807, 2.05) is 53.0 Å². The lowest BCUT2D eigenvalue weighted by atomic mass is 10.1. The first-order chi connectivity index (χ1) is 11.0. The predicted octanol–water partition coefficient (Wildman–Crippen LogP) is 2.43. The van der Waals surface area contributed by atoms with E-state index in [2.05, 4.69) is 10.3 Å². The quantitative estimate of drug-likeness (QED) is 0.920. The van der Waals surface area contributed by atoms with Crippen molar-refractivity contribution in [2.45, 2.75) is 66.2 Å². The number of amides is 2. The molecule has 1 aromatic rings. The Morgan fingerprint density at radius 2 is 1.83 bits per heavy atom. The number of nitrogens with zero attached hydrogens (tertiary/aromatic N) is 3. The van der Waals surface area contributed by atoms with Crippen LogP contribution in [0.3, 0.4) is 0 Å². The molecule has 7 heteroatoms. The van der Waals surface area contributed by atoms with Crippen LogP contribution in [0.25, 0.3) is 0 Å². The van der Waals surface area contributed by atoms with Crippen molar-refractivity contribution in [3.63, 3.8) is 0 Å². The van der Waals surface area contributed by atoms with Crippen LogP contribution in [0.4, 0.5) is 4.79 Å². The number of ether oxygens (including phenoxy) is 1. The van der Waals surface area contributed by atoms with Crippen LogP contribution < -0.4 is 5.32 Å². The average Bonchev–Trinajstić information content (AvgIpc) is 2.65. The van der Waals surface area contributed by atoms with Crippen molar-refractivity contribution < 1.29 is 14.3 Å². The zero-order valence-corrected chi connectivity index (χ0v) is 15.6. The van der Waals surface area contributed by atoms with Gasteiger partial charge in [-0.05, 0) is 48.5 Å². The van der Waals surface area contributed by atoms with E-state index in [9.17, 15) is 9.59 Å². The van der Waals surface area contributed by atoms with Gasteiger partial charge >= 0.3 is 6.09 Å². The minimum absolute atomic E-state index is 0.0553. The zero-order valence-electron chi connectivity index (χ0n) is 15.6. The first kappa shape index (κ1) is 18.3. The smallest absolute Gasteiger partial charge is 0.410 e. The molecule has 0 radical (unpaired) electrons. The van der Waals surface area contributed by atoms with E-state index in [4.69, 9.17) is 4.74 Å². The van der Waals surface area contributed by atoms with E-state index in [0.29, 0.717) is 18.8 Å². The number of hydrogen-bond acceptors (Lipinski definition) is 4. The lowest BCUT2D eigenvalue weighted by Crippen LogP contribution is -2.61. The molecule has 0 spiro atoms. The number of aryl methyl sites for hydroxylation is 2. The molecule has 0 aliphatic carbocycles. The van der Waals surface area contributed by atoms with Gasteiger partial charge in [0.05, 0.1) is 11.7 Å². The Bertz CT molecular complexity index is 637. The molecule has 1 aromatic heterocycles. The number of carbonyl (C=O) groups is 2. The number of hydrogen-bond donors (Lipinski definition) is 1. The Balaban J connectivity index is 1.96. The Labute approximate surface area is 143 Å². The van der Waals surface area contributed by atoms with Gasteiger partial charge < -0.3 is 19.5 Å². The molecule has 0 unspecified atom stereocenters. The average molecular weight is 336 g/mol. The van der Waals surface area contributed by atoms with Gasteiger partial charge in [-0.1, -0.05) is 0 Å². The highest BCUT2D eigenvalue weighted by molar-refractivity contribution is 5.94. The fraction of sp³-hybridized carbons (Fsp3) is 0.706. The van der Waals surface area contributed by atoms with Gasteiger partial charge in [-0.15, -0.1) is 0 Å². The molecule has 24 heavy (non-hydrogen) atoms. The summed E-state index contributed by atoms with van der Waals surface area (Å²) in [5.41, 5.74) is 0.810. The lowest BCUT2D eigenvalue weighted by molar-refractivity contribution is 0.00528. The molecule has 0 saturated carbocycles. The van der Waals surface area contributed by atoms with E-state index in [-0.39, 0.29) is 24.1 Å². The summed E-state index contributed by atoms with van der Waals surface area (Å²) in [5, 5.41) is 2.98. The summed E-state index contributed by atoms with van der Waals surface area (Å²) in [7, 11) is 0. The first-order valence-electron chi connectivity index (χ1n) is 8.34. The van der Waals surface area contributed by atoms with Crippen molar-refractivity contribution in [2.75, 3.05) is 13.1 Å². The van der Waals surface area contributed by atoms with E-state index < -0.39 is 5.60 Å². The summed E-state index contributed by atoms with van der Waals surface area (Å²) in [5.74, 6) is 0.687. The molecule has 2 rings (SSSR count). The van der Waals surface area contributed by atoms with Crippen molar-refractivity contribution in [1.82, 2.24) is 19.8 Å². The maximum absolute atomic E-state index is 12.6. The van der Waals surface area contributed by atoms with Crippen LogP contribution >= 0.6 is 0 Å². The first-order valence-corrected chi connectivity index (χ1v) is 8.34. The van der Waals surface area contributed by atoms with Gasteiger partial charge in [0.1, 0.15) is 17.1 Å². The molecule has 1 aliphatic rings. The molecule has 1 N–H and O–H groups in total. The standard InChI is InChI=1S/C17H28N4O3/c1-10(2)21-12(4)18-11(3)14(21)15(22)19-13-8-20(9-13)16(23)24-17(5,6)7/h10,13H,8-9H2,1-7H3,(H,19,22). The zero-order chi connectivity index (χ0) is 18.2. The van der Waals surface area contributed by atoms with E-state index in [1.54, 1.807) is 4.90 Å². The Morgan fingerprint density at radius 3 is 2.33 bits per heavy atom. The Hall–Kier alpha value is -2.05. The number of rotatable bonds is 3. The minimum atomic E-state index is -0.510. The third-order valence-electron chi connectivity index (χ3n) is 3.86. The van der Waals surface area contributed by atoms with Gasteiger partial charge in [-0.3, -0.25) is 4.79 Å². The van der Waals surface area contributed by atoms with Crippen LogP contribution in [0.1, 0.15) is 62.7 Å². The second kappa shape index (κ2) is 6.45. The van der Waals surface area contributed by atoms with Crippen molar-refractivity contribution >= 4 is 12.0 Å². The second-order valence-electron chi connectivity index (χ2n) is 7.61. The van der Waals surface area contributed by atoms with Gasteiger partial charge in [-0.2, -0.15) is 0 Å². The highest BCUT2D eigenvalue weighted by Crippen LogP contribution is 2.19. The number of likely N-dealkylation sites (tertiary alicyclic amines) is 1. The van der Waals surface area contributed by atoms with Crippen LogP contribution in [-0.2, 0) is 4.74 Å². The van der Waals surface area contributed by atoms with Crippen molar-refractivity contribution in [1.29, 1.82) is 0 Å². The normalized spacial score (nSPS) is 15.4. The molecule has 134 valence electrons. The number of carbonyl (C=O) groups excluding carboxylic acids is 2. The monoisotopic (exact) mass is 336 g/mol. The predicted molar refractivity (Wildman–Crippen MR) is 91.1 cm³/mol. The summed E-state index contributed by atoms with van der Waals surface area (Å²) >= 11 is 0. The van der Waals surface area contributed by atoms with E-state index in [0.717, 1.165) is 11.5 Å². The highest BCUT2D eigenvalue weighted by atomic mass is 16.6. The lowest BCUT2D eigenvalue weighted by Gasteiger charge is -2.40.